The van der Waals surface area contributed by atoms with Crippen molar-refractivity contribution in [3.63, 3.8) is 0 Å². The molecule has 0 aliphatic rings. The maximum Gasteiger partial charge on any atom is 0.319 e. The number of urea groups is 1. The molecule has 3 aromatic rings. The van der Waals surface area contributed by atoms with Crippen LogP contribution in [0.25, 0.3) is 0 Å². The van der Waals surface area contributed by atoms with Gasteiger partial charge in [-0.1, -0.05) is 29.3 Å². The molecule has 3 rings (SSSR count). The van der Waals surface area contributed by atoms with E-state index < -0.39 is 0 Å². The van der Waals surface area contributed by atoms with Crippen LogP contribution >= 0.6 is 11.6 Å². The van der Waals surface area contributed by atoms with Crippen molar-refractivity contribution in [2.45, 2.75) is 13.8 Å². The Morgan fingerprint density at radius 3 is 2.34 bits per heavy atom. The standard InChI is InChI=1S/C21H23ClN6O/c1-14-3-7-17(8-4-14)26-19-13-15(2)25-20(28-19)23-11-12-24-21(29)27-18-9-5-16(22)6-10-18/h3-10,13H,11-12H2,1-2H3,(H2,24,27,29)(H2,23,25,26,28). The van der Waals surface area contributed by atoms with E-state index in [-0.39, 0.29) is 6.03 Å². The number of nitrogens with one attached hydrogen (secondary N) is 4. The molecule has 0 radical (unpaired) electrons. The van der Waals surface area contributed by atoms with Crippen molar-refractivity contribution in [2.24, 2.45) is 0 Å². The molecule has 2 amide bonds. The van der Waals surface area contributed by atoms with E-state index >= 15 is 0 Å². The Morgan fingerprint density at radius 1 is 0.931 bits per heavy atom. The molecule has 7 nitrogen and oxygen atoms in total. The molecule has 0 saturated heterocycles. The maximum absolute atomic E-state index is 11.9. The zero-order valence-electron chi connectivity index (χ0n) is 16.3. The maximum atomic E-state index is 11.9. The zero-order chi connectivity index (χ0) is 20.6. The molecule has 4 N–H and O–H groups in total. The van der Waals surface area contributed by atoms with Gasteiger partial charge < -0.3 is 21.3 Å². The highest BCUT2D eigenvalue weighted by Gasteiger charge is 2.04. The summed E-state index contributed by atoms with van der Waals surface area (Å²) in [4.78, 5) is 20.8. The highest BCUT2D eigenvalue weighted by atomic mass is 35.5. The minimum Gasteiger partial charge on any atom is -0.352 e. The normalized spacial score (nSPS) is 10.3. The molecular formula is C21H23ClN6O. The number of aryl methyl sites for hydroxylation is 2. The number of anilines is 4. The first-order chi connectivity index (χ1) is 14.0. The van der Waals surface area contributed by atoms with Crippen molar-refractivity contribution in [1.82, 2.24) is 15.3 Å². The van der Waals surface area contributed by atoms with Crippen molar-refractivity contribution in [2.75, 3.05) is 29.0 Å². The number of rotatable bonds is 7. The van der Waals surface area contributed by atoms with Crippen LogP contribution < -0.4 is 21.3 Å². The van der Waals surface area contributed by atoms with Gasteiger partial charge in [-0.05, 0) is 50.2 Å². The van der Waals surface area contributed by atoms with Crippen LogP contribution in [0.1, 0.15) is 11.3 Å². The van der Waals surface area contributed by atoms with Gasteiger partial charge in [0, 0.05) is 41.2 Å². The van der Waals surface area contributed by atoms with E-state index in [1.165, 1.54) is 5.56 Å². The van der Waals surface area contributed by atoms with Gasteiger partial charge in [0.05, 0.1) is 0 Å². The van der Waals surface area contributed by atoms with E-state index in [4.69, 9.17) is 11.6 Å². The van der Waals surface area contributed by atoms with Gasteiger partial charge >= 0.3 is 6.03 Å². The Bertz CT molecular complexity index is 960. The Kier molecular flexibility index (Phi) is 6.86. The molecule has 0 atom stereocenters. The molecule has 2 aromatic carbocycles. The van der Waals surface area contributed by atoms with Gasteiger partial charge in [0.2, 0.25) is 5.95 Å². The summed E-state index contributed by atoms with van der Waals surface area (Å²) < 4.78 is 0. The molecule has 0 aliphatic carbocycles. The van der Waals surface area contributed by atoms with E-state index in [0.29, 0.717) is 35.6 Å². The average Bonchev–Trinajstić information content (AvgIpc) is 2.68. The summed E-state index contributed by atoms with van der Waals surface area (Å²) >= 11 is 5.83. The van der Waals surface area contributed by atoms with E-state index in [1.807, 2.05) is 44.2 Å². The minimum atomic E-state index is -0.291. The second-order valence-corrected chi connectivity index (χ2v) is 6.96. The van der Waals surface area contributed by atoms with Gasteiger partial charge in [-0.25, -0.2) is 9.78 Å². The fraction of sp³-hybridized carbons (Fsp3) is 0.190. The van der Waals surface area contributed by atoms with Gasteiger partial charge in [-0.15, -0.1) is 0 Å². The molecule has 0 aliphatic heterocycles. The highest BCUT2D eigenvalue weighted by molar-refractivity contribution is 6.30. The number of carbonyl (C=O) groups is 1. The van der Waals surface area contributed by atoms with Gasteiger partial charge in [0.15, 0.2) is 0 Å². The van der Waals surface area contributed by atoms with Crippen molar-refractivity contribution in [3.8, 4) is 0 Å². The number of hydrogen-bond acceptors (Lipinski definition) is 5. The summed E-state index contributed by atoms with van der Waals surface area (Å²) in [6.07, 6.45) is 0. The second kappa shape index (κ2) is 9.75. The average molecular weight is 411 g/mol. The quantitative estimate of drug-likeness (QED) is 0.423. The predicted octanol–water partition coefficient (Wildman–Crippen LogP) is 4.72. The lowest BCUT2D eigenvalue weighted by Crippen LogP contribution is -2.32. The van der Waals surface area contributed by atoms with Crippen LogP contribution in [0.3, 0.4) is 0 Å². The van der Waals surface area contributed by atoms with Gasteiger partial charge in [-0.2, -0.15) is 4.98 Å². The SMILES string of the molecule is Cc1ccc(Nc2cc(C)nc(NCCNC(=O)Nc3ccc(Cl)cc3)n2)cc1. The van der Waals surface area contributed by atoms with Crippen molar-refractivity contribution < 1.29 is 4.79 Å². The molecule has 1 heterocycles. The molecular weight excluding hydrogens is 388 g/mol. The largest absolute Gasteiger partial charge is 0.352 e. The lowest BCUT2D eigenvalue weighted by atomic mass is 10.2. The van der Waals surface area contributed by atoms with Crippen LogP contribution in [0, 0.1) is 13.8 Å². The lowest BCUT2D eigenvalue weighted by Gasteiger charge is -2.11. The third-order valence-electron chi connectivity index (χ3n) is 3.97. The first-order valence-electron chi connectivity index (χ1n) is 9.21. The number of hydrogen-bond donors (Lipinski definition) is 4. The summed E-state index contributed by atoms with van der Waals surface area (Å²) in [5.74, 6) is 1.21. The first-order valence-corrected chi connectivity index (χ1v) is 9.59. The number of halogens is 1. The van der Waals surface area contributed by atoms with Crippen LogP contribution in [0.4, 0.5) is 27.9 Å². The second-order valence-electron chi connectivity index (χ2n) is 6.52. The van der Waals surface area contributed by atoms with Crippen molar-refractivity contribution in [1.29, 1.82) is 0 Å². The fourth-order valence-electron chi connectivity index (χ4n) is 2.56. The summed E-state index contributed by atoms with van der Waals surface area (Å²) in [7, 11) is 0. The van der Waals surface area contributed by atoms with Crippen LogP contribution in [0.15, 0.2) is 54.6 Å². The summed E-state index contributed by atoms with van der Waals surface area (Å²) in [5.41, 5.74) is 3.67. The molecule has 150 valence electrons. The summed E-state index contributed by atoms with van der Waals surface area (Å²) in [6.45, 7) is 4.86. The number of carbonyl (C=O) groups excluding carboxylic acids is 1. The Hall–Kier alpha value is -3.32. The monoisotopic (exact) mass is 410 g/mol. The fourth-order valence-corrected chi connectivity index (χ4v) is 2.68. The van der Waals surface area contributed by atoms with Crippen LogP contribution in [-0.2, 0) is 0 Å². The Labute approximate surface area is 174 Å². The smallest absolute Gasteiger partial charge is 0.319 e. The van der Waals surface area contributed by atoms with Gasteiger partial charge in [0.1, 0.15) is 5.82 Å². The number of nitrogens with zero attached hydrogens (tertiary/aromatic N) is 2. The van der Waals surface area contributed by atoms with Crippen LogP contribution in [0.2, 0.25) is 5.02 Å². The van der Waals surface area contributed by atoms with E-state index in [9.17, 15) is 4.79 Å². The molecule has 0 fully saturated rings. The van der Waals surface area contributed by atoms with Gasteiger partial charge in [-0.3, -0.25) is 0 Å². The third-order valence-corrected chi connectivity index (χ3v) is 4.23. The first kappa shape index (κ1) is 20.4. The summed E-state index contributed by atoms with van der Waals surface area (Å²) in [6, 6.07) is 16.6. The molecule has 29 heavy (non-hydrogen) atoms. The zero-order valence-corrected chi connectivity index (χ0v) is 17.0. The Morgan fingerprint density at radius 2 is 1.62 bits per heavy atom. The molecule has 8 heteroatoms. The Balaban J connectivity index is 1.47. The van der Waals surface area contributed by atoms with E-state index in [0.717, 1.165) is 11.4 Å². The van der Waals surface area contributed by atoms with E-state index in [2.05, 4.69) is 31.2 Å². The van der Waals surface area contributed by atoms with Crippen molar-refractivity contribution in [3.05, 3.63) is 70.9 Å². The third kappa shape index (κ3) is 6.65. The number of benzene rings is 2. The topological polar surface area (TPSA) is 91.0 Å². The highest BCUT2D eigenvalue weighted by Crippen LogP contribution is 2.17. The molecule has 1 aromatic heterocycles. The number of amides is 2. The molecule has 0 bridgehead atoms. The van der Waals surface area contributed by atoms with Gasteiger partial charge in [0.25, 0.3) is 0 Å². The molecule has 0 spiro atoms. The van der Waals surface area contributed by atoms with E-state index in [1.54, 1.807) is 24.3 Å². The molecule has 0 unspecified atom stereocenters. The van der Waals surface area contributed by atoms with Crippen molar-refractivity contribution >= 4 is 40.8 Å². The predicted molar refractivity (Wildman–Crippen MR) is 118 cm³/mol. The number of aromatic nitrogens is 2. The lowest BCUT2D eigenvalue weighted by molar-refractivity contribution is 0.252. The molecule has 0 saturated carbocycles. The minimum absolute atomic E-state index is 0.291. The summed E-state index contributed by atoms with van der Waals surface area (Å²) in [5, 5.41) is 12.5. The van der Waals surface area contributed by atoms with Crippen LogP contribution in [-0.4, -0.2) is 29.1 Å². The van der Waals surface area contributed by atoms with Crippen LogP contribution in [0.5, 0.6) is 0 Å².